The predicted octanol–water partition coefficient (Wildman–Crippen LogP) is 4.14. The van der Waals surface area contributed by atoms with Crippen molar-refractivity contribution in [2.75, 3.05) is 18.5 Å². The number of halogens is 2. The predicted molar refractivity (Wildman–Crippen MR) is 125 cm³/mol. The van der Waals surface area contributed by atoms with Crippen molar-refractivity contribution in [3.63, 3.8) is 0 Å². The van der Waals surface area contributed by atoms with Gasteiger partial charge in [0.1, 0.15) is 5.75 Å². The highest BCUT2D eigenvalue weighted by atomic mass is 19.3. The third kappa shape index (κ3) is 5.58. The molecule has 4 rings (SSSR count). The van der Waals surface area contributed by atoms with Crippen LogP contribution in [0.1, 0.15) is 37.4 Å². The second-order valence-corrected chi connectivity index (χ2v) is 8.03. The second-order valence-electron chi connectivity index (χ2n) is 8.03. The van der Waals surface area contributed by atoms with Crippen LogP contribution in [0.5, 0.6) is 5.75 Å². The Balaban J connectivity index is 1.39. The Morgan fingerprint density at radius 1 is 1.03 bits per heavy atom. The molecule has 2 N–H and O–H groups in total. The largest absolute Gasteiger partial charge is 0.435 e. The van der Waals surface area contributed by atoms with Gasteiger partial charge in [-0.2, -0.15) is 8.78 Å². The van der Waals surface area contributed by atoms with E-state index in [0.29, 0.717) is 11.1 Å². The van der Waals surface area contributed by atoms with E-state index in [0.717, 1.165) is 30.8 Å². The smallest absolute Gasteiger partial charge is 0.387 e. The molecule has 0 radical (unpaired) electrons. The lowest BCUT2D eigenvalue weighted by Gasteiger charge is -2.22. The number of carbonyl (C=O) groups is 2. The minimum atomic E-state index is -2.92. The van der Waals surface area contributed by atoms with Crippen LogP contribution >= 0.6 is 0 Å². The van der Waals surface area contributed by atoms with Crippen molar-refractivity contribution >= 4 is 17.5 Å². The van der Waals surface area contributed by atoms with Gasteiger partial charge in [0.05, 0.1) is 0 Å². The number of anilines is 1. The summed E-state index contributed by atoms with van der Waals surface area (Å²) < 4.78 is 28.8. The first kappa shape index (κ1) is 23.4. The van der Waals surface area contributed by atoms with Crippen LogP contribution in [0.2, 0.25) is 0 Å². The summed E-state index contributed by atoms with van der Waals surface area (Å²) in [5, 5.41) is 6.12. The minimum absolute atomic E-state index is 0.0166. The highest BCUT2D eigenvalue weighted by Crippen LogP contribution is 2.23. The number of carbonyl (C=O) groups excluding carboxylic acids is 2. The van der Waals surface area contributed by atoms with Crippen LogP contribution in [0, 0.1) is 0 Å². The molecule has 1 aliphatic rings. The fourth-order valence-electron chi connectivity index (χ4n) is 3.87. The monoisotopic (exact) mass is 465 g/mol. The summed E-state index contributed by atoms with van der Waals surface area (Å²) in [6, 6.07) is 18.6. The van der Waals surface area contributed by atoms with E-state index >= 15 is 0 Å². The molecule has 6 nitrogen and oxygen atoms in total. The van der Waals surface area contributed by atoms with E-state index in [1.165, 1.54) is 35.4 Å². The van der Waals surface area contributed by atoms with Gasteiger partial charge >= 0.3 is 6.61 Å². The van der Waals surface area contributed by atoms with Crippen molar-refractivity contribution in [1.82, 2.24) is 10.6 Å². The molecule has 0 saturated heterocycles. The molecule has 0 aliphatic carbocycles. The first-order valence-electron chi connectivity index (χ1n) is 10.9. The Hall–Kier alpha value is -3.78. The molecule has 0 saturated carbocycles. The van der Waals surface area contributed by atoms with E-state index in [-0.39, 0.29) is 24.1 Å². The Bertz CT molecular complexity index is 1180. The molecule has 2 amide bonds. The average Bonchev–Trinajstić information content (AvgIpc) is 2.86. The number of ether oxygens (including phenoxy) is 1. The van der Waals surface area contributed by atoms with Crippen LogP contribution < -0.4 is 20.3 Å². The fraction of sp³-hybridized carbons (Fsp3) is 0.231. The maximum absolute atomic E-state index is 13.1. The lowest BCUT2D eigenvalue weighted by atomic mass is 10.00. The number of benzene rings is 3. The standard InChI is InChI=1S/C26H25F2N3O3/c1-31(22-8-5-18-11-12-29-16-21(18)14-22)25(33)20-4-2-3-17(13-20)15-30-24(32)19-6-9-23(10-7-19)34-26(27)28/h2-10,13-14,26,29H,11-12,15-16H2,1H3,(H,30,32). The summed E-state index contributed by atoms with van der Waals surface area (Å²) in [4.78, 5) is 27.1. The van der Waals surface area contributed by atoms with Crippen molar-refractivity contribution in [3.8, 4) is 5.75 Å². The van der Waals surface area contributed by atoms with Gasteiger partial charge in [-0.05, 0) is 78.2 Å². The quantitative estimate of drug-likeness (QED) is 0.550. The molecule has 0 bridgehead atoms. The van der Waals surface area contributed by atoms with Crippen molar-refractivity contribution in [1.29, 1.82) is 0 Å². The maximum Gasteiger partial charge on any atom is 0.387 e. The number of rotatable bonds is 7. The summed E-state index contributed by atoms with van der Waals surface area (Å²) in [5.41, 5.74) is 4.92. The summed E-state index contributed by atoms with van der Waals surface area (Å²) in [7, 11) is 1.75. The van der Waals surface area contributed by atoms with E-state index in [1.807, 2.05) is 18.2 Å². The zero-order valence-corrected chi connectivity index (χ0v) is 18.7. The minimum Gasteiger partial charge on any atom is -0.435 e. The zero-order valence-electron chi connectivity index (χ0n) is 18.7. The number of amides is 2. The van der Waals surface area contributed by atoms with Gasteiger partial charge in [-0.15, -0.1) is 0 Å². The normalized spacial score (nSPS) is 12.7. The molecule has 3 aromatic carbocycles. The number of hydrogen-bond donors (Lipinski definition) is 2. The summed E-state index contributed by atoms with van der Waals surface area (Å²) in [5.74, 6) is -0.524. The average molecular weight is 466 g/mol. The highest BCUT2D eigenvalue weighted by Gasteiger charge is 2.17. The van der Waals surface area contributed by atoms with Gasteiger partial charge in [0.25, 0.3) is 11.8 Å². The Kier molecular flexibility index (Phi) is 7.18. The van der Waals surface area contributed by atoms with Crippen LogP contribution in [-0.4, -0.2) is 32.0 Å². The van der Waals surface area contributed by atoms with Crippen LogP contribution in [0.25, 0.3) is 0 Å². The van der Waals surface area contributed by atoms with Gasteiger partial charge in [0, 0.05) is 37.0 Å². The molecule has 0 fully saturated rings. The van der Waals surface area contributed by atoms with Crippen molar-refractivity contribution < 1.29 is 23.1 Å². The van der Waals surface area contributed by atoms with E-state index in [4.69, 9.17) is 0 Å². The van der Waals surface area contributed by atoms with Gasteiger partial charge < -0.3 is 20.3 Å². The Morgan fingerprint density at radius 3 is 2.59 bits per heavy atom. The van der Waals surface area contributed by atoms with Crippen LogP contribution in [0.3, 0.4) is 0 Å². The van der Waals surface area contributed by atoms with Gasteiger partial charge in [-0.3, -0.25) is 9.59 Å². The number of fused-ring (bicyclic) bond motifs is 1. The summed E-state index contributed by atoms with van der Waals surface area (Å²) in [6.45, 7) is -0.952. The van der Waals surface area contributed by atoms with Crippen molar-refractivity contribution in [2.24, 2.45) is 0 Å². The van der Waals surface area contributed by atoms with Gasteiger partial charge in [0.15, 0.2) is 0 Å². The molecule has 0 spiro atoms. The van der Waals surface area contributed by atoms with Crippen molar-refractivity contribution in [3.05, 3.63) is 94.5 Å². The highest BCUT2D eigenvalue weighted by molar-refractivity contribution is 6.06. The maximum atomic E-state index is 13.1. The molecule has 34 heavy (non-hydrogen) atoms. The first-order chi connectivity index (χ1) is 16.4. The molecule has 0 unspecified atom stereocenters. The Labute approximate surface area is 196 Å². The number of alkyl halides is 2. The molecule has 1 heterocycles. The molecule has 0 aromatic heterocycles. The van der Waals surface area contributed by atoms with Crippen LogP contribution in [0.4, 0.5) is 14.5 Å². The SMILES string of the molecule is CN(C(=O)c1cccc(CNC(=O)c2ccc(OC(F)F)cc2)c1)c1ccc2c(c1)CNCC2. The summed E-state index contributed by atoms with van der Waals surface area (Å²) >= 11 is 0. The fourth-order valence-corrected chi connectivity index (χ4v) is 3.87. The van der Waals surface area contributed by atoms with E-state index in [9.17, 15) is 18.4 Å². The molecule has 8 heteroatoms. The topological polar surface area (TPSA) is 70.7 Å². The van der Waals surface area contributed by atoms with E-state index < -0.39 is 6.61 Å². The second kappa shape index (κ2) is 10.4. The molecular weight excluding hydrogens is 440 g/mol. The van der Waals surface area contributed by atoms with Gasteiger partial charge in [-0.1, -0.05) is 18.2 Å². The molecule has 0 atom stereocenters. The third-order valence-corrected chi connectivity index (χ3v) is 5.74. The lowest BCUT2D eigenvalue weighted by molar-refractivity contribution is -0.0498. The van der Waals surface area contributed by atoms with E-state index in [2.05, 4.69) is 21.4 Å². The molecule has 176 valence electrons. The van der Waals surface area contributed by atoms with Crippen molar-refractivity contribution in [2.45, 2.75) is 26.1 Å². The molecule has 3 aromatic rings. The molecular formula is C26H25F2N3O3. The van der Waals surface area contributed by atoms with E-state index in [1.54, 1.807) is 30.1 Å². The van der Waals surface area contributed by atoms with Gasteiger partial charge in [0.2, 0.25) is 0 Å². The van der Waals surface area contributed by atoms with Gasteiger partial charge in [-0.25, -0.2) is 0 Å². The third-order valence-electron chi connectivity index (χ3n) is 5.74. The number of nitrogens with one attached hydrogen (secondary N) is 2. The summed E-state index contributed by atoms with van der Waals surface area (Å²) in [6.07, 6.45) is 0.981. The lowest BCUT2D eigenvalue weighted by Crippen LogP contribution is -2.28. The number of nitrogens with zero attached hydrogens (tertiary/aromatic N) is 1. The molecule has 1 aliphatic heterocycles. The van der Waals surface area contributed by atoms with Crippen LogP contribution in [0.15, 0.2) is 66.7 Å². The zero-order chi connectivity index (χ0) is 24.1. The van der Waals surface area contributed by atoms with Crippen LogP contribution in [-0.2, 0) is 19.5 Å². The Morgan fingerprint density at radius 2 is 1.82 bits per heavy atom. The number of hydrogen-bond acceptors (Lipinski definition) is 4. The first-order valence-corrected chi connectivity index (χ1v) is 10.9.